The number of nitrogens with one attached hydrogen (secondary N) is 1. The fourth-order valence-corrected chi connectivity index (χ4v) is 2.17. The van der Waals surface area contributed by atoms with E-state index in [1.807, 2.05) is 6.92 Å². The standard InChI is InChI=1S/C12H19N3O3S/c1-9(2)8-18-6-5-15-11-4-3-10(13)7-12(11)19(14,16)17/h3-4,7,15H,1,5-6,8,13H2,2H3,(H2,14,16,17). The summed E-state index contributed by atoms with van der Waals surface area (Å²) in [5.41, 5.74) is 7.23. The molecular weight excluding hydrogens is 266 g/mol. The molecular formula is C12H19N3O3S. The Labute approximate surface area is 113 Å². The zero-order valence-corrected chi connectivity index (χ0v) is 11.7. The molecule has 1 aromatic carbocycles. The number of hydrogen-bond acceptors (Lipinski definition) is 5. The summed E-state index contributed by atoms with van der Waals surface area (Å²) in [7, 11) is -3.81. The van der Waals surface area contributed by atoms with E-state index in [2.05, 4.69) is 11.9 Å². The number of rotatable bonds is 7. The van der Waals surface area contributed by atoms with Crippen LogP contribution in [0.15, 0.2) is 35.2 Å². The number of nitrogens with two attached hydrogens (primary N) is 2. The van der Waals surface area contributed by atoms with Gasteiger partial charge in [-0.3, -0.25) is 0 Å². The highest BCUT2D eigenvalue weighted by molar-refractivity contribution is 7.89. The first-order chi connectivity index (χ1) is 8.80. The molecule has 0 heterocycles. The highest BCUT2D eigenvalue weighted by Crippen LogP contribution is 2.22. The summed E-state index contributed by atoms with van der Waals surface area (Å²) >= 11 is 0. The summed E-state index contributed by atoms with van der Waals surface area (Å²) < 4.78 is 28.1. The molecule has 0 aliphatic carbocycles. The lowest BCUT2D eigenvalue weighted by Gasteiger charge is -2.11. The highest BCUT2D eigenvalue weighted by atomic mass is 32.2. The Kier molecular flexibility index (Phi) is 5.34. The Bertz CT molecular complexity index is 555. The first kappa shape index (κ1) is 15.5. The summed E-state index contributed by atoms with van der Waals surface area (Å²) in [5, 5.41) is 8.08. The maximum Gasteiger partial charge on any atom is 0.240 e. The van der Waals surface area contributed by atoms with Crippen LogP contribution in [0.2, 0.25) is 0 Å². The molecule has 0 fully saturated rings. The van der Waals surface area contributed by atoms with Gasteiger partial charge in [0.2, 0.25) is 10.0 Å². The number of sulfonamides is 1. The zero-order valence-electron chi connectivity index (χ0n) is 10.8. The number of nitrogen functional groups attached to an aromatic ring is 1. The lowest BCUT2D eigenvalue weighted by Crippen LogP contribution is -2.17. The van der Waals surface area contributed by atoms with Gasteiger partial charge in [0.1, 0.15) is 4.90 Å². The van der Waals surface area contributed by atoms with Crippen LogP contribution in [0.25, 0.3) is 0 Å². The van der Waals surface area contributed by atoms with E-state index in [1.54, 1.807) is 12.1 Å². The van der Waals surface area contributed by atoms with Gasteiger partial charge in [-0.15, -0.1) is 0 Å². The molecule has 7 heteroatoms. The largest absolute Gasteiger partial charge is 0.399 e. The molecule has 0 unspecified atom stereocenters. The van der Waals surface area contributed by atoms with E-state index in [0.29, 0.717) is 31.1 Å². The number of ether oxygens (including phenoxy) is 1. The molecule has 5 N–H and O–H groups in total. The third-order valence-electron chi connectivity index (χ3n) is 2.22. The van der Waals surface area contributed by atoms with Crippen molar-refractivity contribution in [3.63, 3.8) is 0 Å². The van der Waals surface area contributed by atoms with Crippen LogP contribution in [0.4, 0.5) is 11.4 Å². The summed E-state index contributed by atoms with van der Waals surface area (Å²) in [4.78, 5) is -0.0209. The van der Waals surface area contributed by atoms with Crippen molar-refractivity contribution < 1.29 is 13.2 Å². The molecule has 1 aromatic rings. The van der Waals surface area contributed by atoms with E-state index < -0.39 is 10.0 Å². The van der Waals surface area contributed by atoms with Crippen LogP contribution >= 0.6 is 0 Å². The molecule has 0 atom stereocenters. The highest BCUT2D eigenvalue weighted by Gasteiger charge is 2.13. The van der Waals surface area contributed by atoms with Crippen molar-refractivity contribution in [1.82, 2.24) is 0 Å². The van der Waals surface area contributed by atoms with Gasteiger partial charge in [-0.05, 0) is 25.1 Å². The second-order valence-corrected chi connectivity index (χ2v) is 5.77. The third-order valence-corrected chi connectivity index (χ3v) is 3.17. The molecule has 0 aliphatic heterocycles. The predicted octanol–water partition coefficient (Wildman–Crippen LogP) is 0.921. The van der Waals surface area contributed by atoms with Gasteiger partial charge in [0.15, 0.2) is 0 Å². The Morgan fingerprint density at radius 1 is 1.47 bits per heavy atom. The molecule has 0 aromatic heterocycles. The van der Waals surface area contributed by atoms with Gasteiger partial charge in [-0.1, -0.05) is 12.2 Å². The quantitative estimate of drug-likeness (QED) is 0.392. The van der Waals surface area contributed by atoms with Crippen molar-refractivity contribution in [3.05, 3.63) is 30.4 Å². The van der Waals surface area contributed by atoms with E-state index in [9.17, 15) is 8.42 Å². The summed E-state index contributed by atoms with van der Waals surface area (Å²) in [6, 6.07) is 4.51. The zero-order chi connectivity index (χ0) is 14.5. The Balaban J connectivity index is 2.66. The smallest absolute Gasteiger partial charge is 0.240 e. The molecule has 0 spiro atoms. The number of anilines is 2. The van der Waals surface area contributed by atoms with Crippen molar-refractivity contribution in [3.8, 4) is 0 Å². The van der Waals surface area contributed by atoms with Gasteiger partial charge in [0.25, 0.3) is 0 Å². The second-order valence-electron chi connectivity index (χ2n) is 4.24. The maximum absolute atomic E-state index is 11.4. The fourth-order valence-electron chi connectivity index (χ4n) is 1.42. The van der Waals surface area contributed by atoms with Gasteiger partial charge < -0.3 is 15.8 Å². The van der Waals surface area contributed by atoms with Gasteiger partial charge in [-0.25, -0.2) is 13.6 Å². The Hall–Kier alpha value is -1.57. The van der Waals surface area contributed by atoms with E-state index in [4.69, 9.17) is 15.6 Å². The third kappa shape index (κ3) is 5.29. The number of hydrogen-bond donors (Lipinski definition) is 3. The van der Waals surface area contributed by atoms with Crippen molar-refractivity contribution in [2.45, 2.75) is 11.8 Å². The van der Waals surface area contributed by atoms with E-state index in [0.717, 1.165) is 5.57 Å². The molecule has 0 bridgehead atoms. The van der Waals surface area contributed by atoms with Gasteiger partial charge in [0.05, 0.1) is 18.9 Å². The molecule has 0 radical (unpaired) electrons. The Morgan fingerprint density at radius 2 is 2.16 bits per heavy atom. The van der Waals surface area contributed by atoms with Crippen LogP contribution in [0.3, 0.4) is 0 Å². The minimum absolute atomic E-state index is 0.0209. The normalized spacial score (nSPS) is 11.3. The lowest BCUT2D eigenvalue weighted by molar-refractivity contribution is 0.167. The first-order valence-corrected chi connectivity index (χ1v) is 7.23. The summed E-state index contributed by atoms with van der Waals surface area (Å²) in [6.07, 6.45) is 0. The monoisotopic (exact) mass is 285 g/mol. The van der Waals surface area contributed by atoms with Gasteiger partial charge in [-0.2, -0.15) is 0 Å². The van der Waals surface area contributed by atoms with Crippen LogP contribution < -0.4 is 16.2 Å². The van der Waals surface area contributed by atoms with Gasteiger partial charge in [0, 0.05) is 12.2 Å². The van der Waals surface area contributed by atoms with Crippen molar-refractivity contribution in [1.29, 1.82) is 0 Å². The molecule has 19 heavy (non-hydrogen) atoms. The summed E-state index contributed by atoms with van der Waals surface area (Å²) in [6.45, 7) is 6.95. The average Bonchev–Trinajstić information content (AvgIpc) is 2.28. The molecule has 1 rings (SSSR count). The van der Waals surface area contributed by atoms with Crippen LogP contribution in [-0.4, -0.2) is 28.2 Å². The molecule has 6 nitrogen and oxygen atoms in total. The van der Waals surface area contributed by atoms with Crippen molar-refractivity contribution in [2.24, 2.45) is 5.14 Å². The van der Waals surface area contributed by atoms with Crippen molar-refractivity contribution in [2.75, 3.05) is 30.8 Å². The minimum Gasteiger partial charge on any atom is -0.399 e. The molecule has 0 saturated heterocycles. The average molecular weight is 285 g/mol. The predicted molar refractivity (Wildman–Crippen MR) is 76.4 cm³/mol. The van der Waals surface area contributed by atoms with Crippen LogP contribution in [0, 0.1) is 0 Å². The molecule has 106 valence electrons. The SMILES string of the molecule is C=C(C)COCCNc1ccc(N)cc1S(N)(=O)=O. The summed E-state index contributed by atoms with van der Waals surface area (Å²) in [5.74, 6) is 0. The van der Waals surface area contributed by atoms with E-state index in [-0.39, 0.29) is 4.90 Å². The molecule has 0 aliphatic rings. The second kappa shape index (κ2) is 6.55. The molecule has 0 saturated carbocycles. The van der Waals surface area contributed by atoms with Crippen LogP contribution in [0.1, 0.15) is 6.92 Å². The van der Waals surface area contributed by atoms with E-state index in [1.165, 1.54) is 6.07 Å². The van der Waals surface area contributed by atoms with E-state index >= 15 is 0 Å². The first-order valence-electron chi connectivity index (χ1n) is 5.69. The minimum atomic E-state index is -3.81. The van der Waals surface area contributed by atoms with Crippen molar-refractivity contribution >= 4 is 21.4 Å². The lowest BCUT2D eigenvalue weighted by atomic mass is 10.3. The van der Waals surface area contributed by atoms with Crippen LogP contribution in [-0.2, 0) is 14.8 Å². The number of benzene rings is 1. The fraction of sp³-hybridized carbons (Fsp3) is 0.333. The Morgan fingerprint density at radius 3 is 2.74 bits per heavy atom. The maximum atomic E-state index is 11.4. The van der Waals surface area contributed by atoms with Crippen LogP contribution in [0.5, 0.6) is 0 Å². The topological polar surface area (TPSA) is 107 Å². The number of primary sulfonamides is 1. The van der Waals surface area contributed by atoms with Gasteiger partial charge >= 0.3 is 0 Å². The molecule has 0 amide bonds.